The Bertz CT molecular complexity index is 1300. The number of carbonyl (C=O) groups excluding carboxylic acids is 1. The smallest absolute Gasteiger partial charge is 0.256 e. The third-order valence-electron chi connectivity index (χ3n) is 5.77. The number of amides is 1. The van der Waals surface area contributed by atoms with Gasteiger partial charge in [0.25, 0.3) is 5.91 Å². The third kappa shape index (κ3) is 4.59. The number of morpholine rings is 1. The summed E-state index contributed by atoms with van der Waals surface area (Å²) in [6.07, 6.45) is 1.60. The second kappa shape index (κ2) is 9.51. The summed E-state index contributed by atoms with van der Waals surface area (Å²) in [4.78, 5) is 27.5. The Morgan fingerprint density at radius 3 is 2.61 bits per heavy atom. The third-order valence-corrected chi connectivity index (χ3v) is 7.96. The summed E-state index contributed by atoms with van der Waals surface area (Å²) in [5.41, 5.74) is 3.73. The molecule has 0 aliphatic carbocycles. The molecule has 0 radical (unpaired) electrons. The number of carbonyl (C=O) groups is 1. The number of hydrogen-bond donors (Lipinski definition) is 1. The van der Waals surface area contributed by atoms with Crippen molar-refractivity contribution in [1.82, 2.24) is 9.97 Å². The minimum Gasteiger partial charge on any atom is -0.378 e. The van der Waals surface area contributed by atoms with Gasteiger partial charge in [-0.3, -0.25) is 4.79 Å². The first-order valence-corrected chi connectivity index (χ1v) is 12.4. The lowest BCUT2D eigenvalue weighted by Crippen LogP contribution is -2.36. The van der Waals surface area contributed by atoms with Gasteiger partial charge in [0, 0.05) is 39.6 Å². The molecule has 1 aliphatic heterocycles. The van der Waals surface area contributed by atoms with E-state index in [1.54, 1.807) is 17.7 Å². The second-order valence-electron chi connectivity index (χ2n) is 7.84. The summed E-state index contributed by atoms with van der Waals surface area (Å²) in [5.74, 6) is -0.138. The van der Waals surface area contributed by atoms with Gasteiger partial charge in [-0.25, -0.2) is 9.97 Å². The maximum Gasteiger partial charge on any atom is 0.256 e. The van der Waals surface area contributed by atoms with Crippen LogP contribution in [-0.2, 0) is 4.74 Å². The fourth-order valence-electron chi connectivity index (χ4n) is 3.85. The molecule has 2 aromatic carbocycles. The number of nitrogens with one attached hydrogen (secondary N) is 1. The number of aromatic nitrogens is 2. The maximum absolute atomic E-state index is 13.2. The Hall–Kier alpha value is -2.94. The van der Waals surface area contributed by atoms with E-state index in [0.29, 0.717) is 5.56 Å². The molecule has 0 saturated carbocycles. The van der Waals surface area contributed by atoms with Crippen molar-refractivity contribution >= 4 is 50.6 Å². The molecule has 1 N–H and O–H groups in total. The summed E-state index contributed by atoms with van der Waals surface area (Å²) in [5, 5.41) is 4.98. The lowest BCUT2D eigenvalue weighted by Gasteiger charge is -2.28. The molecule has 3 heterocycles. The molecular weight excluding hydrogens is 452 g/mol. The summed E-state index contributed by atoms with van der Waals surface area (Å²) in [6.45, 7) is 7.46. The van der Waals surface area contributed by atoms with Crippen LogP contribution in [0.15, 0.2) is 64.8 Å². The Balaban J connectivity index is 1.36. The van der Waals surface area contributed by atoms with E-state index in [-0.39, 0.29) is 5.91 Å². The van der Waals surface area contributed by atoms with Crippen molar-refractivity contribution in [3.8, 4) is 0 Å². The molecule has 1 amide bonds. The standard InChI is InChI=1S/C25H24N4O2S2/c1-16-17(2)32-24-22(16)25(27-15-26-24)33-21-6-4-3-5-20(21)23(30)28-18-7-9-19(10-8-18)29-11-13-31-14-12-29/h3-10,15H,11-14H2,1-2H3,(H,28,30). The molecule has 33 heavy (non-hydrogen) atoms. The molecular formula is C25H24N4O2S2. The fraction of sp³-hybridized carbons (Fsp3) is 0.240. The molecule has 8 heteroatoms. The second-order valence-corrected chi connectivity index (χ2v) is 10.1. The first-order chi connectivity index (χ1) is 16.1. The van der Waals surface area contributed by atoms with E-state index in [4.69, 9.17) is 4.74 Å². The highest BCUT2D eigenvalue weighted by molar-refractivity contribution is 7.99. The summed E-state index contributed by atoms with van der Waals surface area (Å²) in [7, 11) is 0. The highest BCUT2D eigenvalue weighted by atomic mass is 32.2. The number of hydrogen-bond acceptors (Lipinski definition) is 7. The average molecular weight is 477 g/mol. The number of fused-ring (bicyclic) bond motifs is 1. The monoisotopic (exact) mass is 476 g/mol. The molecule has 4 aromatic rings. The van der Waals surface area contributed by atoms with Gasteiger partial charge in [0.1, 0.15) is 16.2 Å². The first kappa shape index (κ1) is 21.9. The van der Waals surface area contributed by atoms with Crippen LogP contribution in [-0.4, -0.2) is 42.2 Å². The zero-order valence-electron chi connectivity index (χ0n) is 18.5. The van der Waals surface area contributed by atoms with Crippen LogP contribution in [0.3, 0.4) is 0 Å². The zero-order valence-corrected chi connectivity index (χ0v) is 20.1. The minimum atomic E-state index is -0.138. The molecule has 0 unspecified atom stereocenters. The first-order valence-electron chi connectivity index (χ1n) is 10.8. The van der Waals surface area contributed by atoms with Gasteiger partial charge in [-0.05, 0) is 55.8 Å². The van der Waals surface area contributed by atoms with Crippen LogP contribution in [0.25, 0.3) is 10.2 Å². The molecule has 1 aliphatic rings. The molecule has 6 nitrogen and oxygen atoms in total. The molecule has 0 bridgehead atoms. The van der Waals surface area contributed by atoms with Gasteiger partial charge < -0.3 is 15.0 Å². The summed E-state index contributed by atoms with van der Waals surface area (Å²) >= 11 is 3.18. The lowest BCUT2D eigenvalue weighted by atomic mass is 10.2. The van der Waals surface area contributed by atoms with Crippen LogP contribution in [0.5, 0.6) is 0 Å². The van der Waals surface area contributed by atoms with Crippen molar-refractivity contribution in [1.29, 1.82) is 0 Å². The van der Waals surface area contributed by atoms with E-state index >= 15 is 0 Å². The number of nitrogens with zero attached hydrogens (tertiary/aromatic N) is 3. The maximum atomic E-state index is 13.2. The largest absolute Gasteiger partial charge is 0.378 e. The van der Waals surface area contributed by atoms with Gasteiger partial charge >= 0.3 is 0 Å². The van der Waals surface area contributed by atoms with E-state index in [9.17, 15) is 4.79 Å². The average Bonchev–Trinajstić information content (AvgIpc) is 3.14. The molecule has 0 spiro atoms. The van der Waals surface area contributed by atoms with Crippen LogP contribution in [0.4, 0.5) is 11.4 Å². The molecule has 5 rings (SSSR count). The SMILES string of the molecule is Cc1sc2ncnc(Sc3ccccc3C(=O)Nc3ccc(N4CCOCC4)cc3)c2c1C. The van der Waals surface area contributed by atoms with E-state index in [0.717, 1.165) is 57.8 Å². The van der Waals surface area contributed by atoms with Gasteiger partial charge in [-0.2, -0.15) is 0 Å². The van der Waals surface area contributed by atoms with Crippen molar-refractivity contribution < 1.29 is 9.53 Å². The van der Waals surface area contributed by atoms with E-state index < -0.39 is 0 Å². The molecule has 1 saturated heterocycles. The summed E-state index contributed by atoms with van der Waals surface area (Å²) < 4.78 is 5.42. The Labute approximate surface area is 201 Å². The number of anilines is 2. The Morgan fingerprint density at radius 1 is 1.06 bits per heavy atom. The predicted molar refractivity (Wildman–Crippen MR) is 135 cm³/mol. The lowest BCUT2D eigenvalue weighted by molar-refractivity contribution is 0.102. The van der Waals surface area contributed by atoms with Gasteiger partial charge in [0.05, 0.1) is 18.8 Å². The normalized spacial score (nSPS) is 13.9. The number of rotatable bonds is 5. The van der Waals surface area contributed by atoms with E-state index in [1.165, 1.54) is 22.2 Å². The Morgan fingerprint density at radius 2 is 1.82 bits per heavy atom. The quantitative estimate of drug-likeness (QED) is 0.381. The van der Waals surface area contributed by atoms with Gasteiger partial charge in [0.2, 0.25) is 0 Å². The number of aryl methyl sites for hydroxylation is 2. The van der Waals surface area contributed by atoms with E-state index in [1.807, 2.05) is 48.5 Å². The van der Waals surface area contributed by atoms with Gasteiger partial charge in [-0.15, -0.1) is 11.3 Å². The number of thiophene rings is 1. The van der Waals surface area contributed by atoms with Gasteiger partial charge in [0.15, 0.2) is 0 Å². The van der Waals surface area contributed by atoms with Crippen molar-refractivity contribution in [3.63, 3.8) is 0 Å². The van der Waals surface area contributed by atoms with Crippen molar-refractivity contribution in [2.24, 2.45) is 0 Å². The Kier molecular flexibility index (Phi) is 6.30. The number of benzene rings is 2. The van der Waals surface area contributed by atoms with Crippen molar-refractivity contribution in [3.05, 3.63) is 70.9 Å². The molecule has 1 fully saturated rings. The fourth-order valence-corrected chi connectivity index (χ4v) is 5.99. The van der Waals surface area contributed by atoms with Crippen molar-refractivity contribution in [2.45, 2.75) is 23.8 Å². The van der Waals surface area contributed by atoms with Crippen LogP contribution in [0.1, 0.15) is 20.8 Å². The predicted octanol–water partition coefficient (Wildman–Crippen LogP) is 5.55. The molecule has 0 atom stereocenters. The minimum absolute atomic E-state index is 0.138. The highest BCUT2D eigenvalue weighted by Gasteiger charge is 2.17. The van der Waals surface area contributed by atoms with Crippen molar-refractivity contribution in [2.75, 3.05) is 36.5 Å². The van der Waals surface area contributed by atoms with Crippen LogP contribution in [0.2, 0.25) is 0 Å². The van der Waals surface area contributed by atoms with E-state index in [2.05, 4.69) is 34.0 Å². The number of ether oxygens (including phenoxy) is 1. The molecule has 168 valence electrons. The van der Waals surface area contributed by atoms with Gasteiger partial charge in [-0.1, -0.05) is 23.9 Å². The molecule has 2 aromatic heterocycles. The van der Waals surface area contributed by atoms with Crippen LogP contribution >= 0.6 is 23.1 Å². The zero-order chi connectivity index (χ0) is 22.8. The van der Waals surface area contributed by atoms with Crippen LogP contribution in [0, 0.1) is 13.8 Å². The van der Waals surface area contributed by atoms with Crippen LogP contribution < -0.4 is 10.2 Å². The topological polar surface area (TPSA) is 67.4 Å². The highest BCUT2D eigenvalue weighted by Crippen LogP contribution is 2.38. The summed E-state index contributed by atoms with van der Waals surface area (Å²) in [6, 6.07) is 15.6.